The van der Waals surface area contributed by atoms with Crippen molar-refractivity contribution in [2.75, 3.05) is 12.3 Å². The van der Waals surface area contributed by atoms with Gasteiger partial charge in [0.1, 0.15) is 6.04 Å². The highest BCUT2D eigenvalue weighted by atomic mass is 35.5. The van der Waals surface area contributed by atoms with E-state index >= 15 is 0 Å². The lowest BCUT2D eigenvalue weighted by Gasteiger charge is -2.28. The molecule has 0 aromatic heterocycles. The zero-order valence-electron chi connectivity index (χ0n) is 16.7. The average Bonchev–Trinajstić information content (AvgIpc) is 2.71. The Bertz CT molecular complexity index is 797. The molecular weight excluding hydrogens is 427 g/mol. The Hall–Kier alpha value is -1.69. The lowest BCUT2D eigenvalue weighted by Crippen LogP contribution is -2.47. The molecule has 1 unspecified atom stereocenters. The van der Waals surface area contributed by atoms with E-state index in [0.717, 1.165) is 22.6 Å². The molecule has 2 aromatic carbocycles. The molecule has 0 radical (unpaired) electrons. The Kier molecular flexibility index (Phi) is 9.85. The van der Waals surface area contributed by atoms with E-state index < -0.39 is 6.04 Å². The third-order valence-corrected chi connectivity index (χ3v) is 6.00. The van der Waals surface area contributed by atoms with Crippen LogP contribution in [0, 0.1) is 0 Å². The third-order valence-electron chi connectivity index (χ3n) is 4.40. The molecule has 1 N–H and O–H groups in total. The van der Waals surface area contributed by atoms with Crippen LogP contribution in [0.1, 0.15) is 32.3 Å². The number of likely N-dealkylation sites (N-methyl/N-ethyl adjacent to an activating group) is 1. The molecule has 0 fully saturated rings. The van der Waals surface area contributed by atoms with Crippen LogP contribution in [0.4, 0.5) is 0 Å². The van der Waals surface area contributed by atoms with Crippen LogP contribution in [0.2, 0.25) is 10.0 Å². The van der Waals surface area contributed by atoms with E-state index in [-0.39, 0.29) is 11.8 Å². The average molecular weight is 453 g/mol. The zero-order chi connectivity index (χ0) is 21.2. The van der Waals surface area contributed by atoms with Crippen molar-refractivity contribution in [3.05, 3.63) is 64.1 Å². The Balaban J connectivity index is 1.96. The second-order valence-corrected chi connectivity index (χ2v) is 8.67. The fourth-order valence-electron chi connectivity index (χ4n) is 2.78. The summed E-state index contributed by atoms with van der Waals surface area (Å²) in [6, 6.07) is 14.5. The third kappa shape index (κ3) is 7.92. The Morgan fingerprint density at radius 1 is 1.03 bits per heavy atom. The maximum Gasteiger partial charge on any atom is 0.242 e. The maximum atomic E-state index is 12.9. The number of carbonyl (C=O) groups excluding carboxylic acids is 2. The molecule has 4 nitrogen and oxygen atoms in total. The number of hydrogen-bond donors (Lipinski definition) is 1. The van der Waals surface area contributed by atoms with Crippen LogP contribution in [0.15, 0.2) is 53.4 Å². The van der Waals surface area contributed by atoms with Crippen LogP contribution in [-0.2, 0) is 16.1 Å². The van der Waals surface area contributed by atoms with Gasteiger partial charge in [-0.1, -0.05) is 35.3 Å². The van der Waals surface area contributed by atoms with Gasteiger partial charge in [0.2, 0.25) is 11.8 Å². The number of rotatable bonds is 10. The molecule has 2 aromatic rings. The second-order valence-electron chi connectivity index (χ2n) is 6.62. The first-order chi connectivity index (χ1) is 13.9. The Labute approximate surface area is 187 Å². The number of halogens is 2. The highest BCUT2D eigenvalue weighted by Gasteiger charge is 2.25. The van der Waals surface area contributed by atoms with Gasteiger partial charge in [-0.15, -0.1) is 11.8 Å². The molecule has 2 rings (SSSR count). The number of nitrogens with zero attached hydrogens (tertiary/aromatic N) is 1. The minimum Gasteiger partial charge on any atom is -0.355 e. The maximum absolute atomic E-state index is 12.9. The molecule has 1 atom stereocenters. The number of hydrogen-bond acceptors (Lipinski definition) is 3. The van der Waals surface area contributed by atoms with Crippen LogP contribution in [0.3, 0.4) is 0 Å². The standard InChI is InChI=1S/C22H26Cl2N2O2S/c1-3-25-22(28)16(2)26(15-17-6-8-18(23)9-7-17)21(27)5-4-14-29-20-12-10-19(24)11-13-20/h6-13,16H,3-5,14-15H2,1-2H3,(H,25,28). The van der Waals surface area contributed by atoms with Gasteiger partial charge >= 0.3 is 0 Å². The van der Waals surface area contributed by atoms with Crippen molar-refractivity contribution < 1.29 is 9.59 Å². The molecule has 0 saturated heterocycles. The first-order valence-corrected chi connectivity index (χ1v) is 11.3. The van der Waals surface area contributed by atoms with Gasteiger partial charge in [-0.05, 0) is 68.0 Å². The first kappa shape index (κ1) is 23.6. The summed E-state index contributed by atoms with van der Waals surface area (Å²) in [5.41, 5.74) is 0.939. The highest BCUT2D eigenvalue weighted by molar-refractivity contribution is 7.99. The monoisotopic (exact) mass is 452 g/mol. The number of amides is 2. The normalized spacial score (nSPS) is 11.7. The molecule has 0 aliphatic heterocycles. The van der Waals surface area contributed by atoms with E-state index in [1.54, 1.807) is 35.7 Å². The van der Waals surface area contributed by atoms with Gasteiger partial charge in [-0.25, -0.2) is 0 Å². The van der Waals surface area contributed by atoms with E-state index in [4.69, 9.17) is 23.2 Å². The minimum atomic E-state index is -0.540. The SMILES string of the molecule is CCNC(=O)C(C)N(Cc1ccc(Cl)cc1)C(=O)CCCSc1ccc(Cl)cc1. The van der Waals surface area contributed by atoms with Gasteiger partial charge in [0.25, 0.3) is 0 Å². The van der Waals surface area contributed by atoms with Crippen molar-refractivity contribution in [2.45, 2.75) is 44.2 Å². The molecule has 29 heavy (non-hydrogen) atoms. The van der Waals surface area contributed by atoms with Crippen LogP contribution < -0.4 is 5.32 Å². The van der Waals surface area contributed by atoms with Gasteiger partial charge in [0.15, 0.2) is 0 Å². The molecule has 0 aliphatic carbocycles. The van der Waals surface area contributed by atoms with Crippen LogP contribution >= 0.6 is 35.0 Å². The van der Waals surface area contributed by atoms with Crippen LogP contribution in [-0.4, -0.2) is 35.1 Å². The van der Waals surface area contributed by atoms with E-state index in [1.165, 1.54) is 0 Å². The number of carbonyl (C=O) groups is 2. The number of thioether (sulfide) groups is 1. The fraction of sp³-hybridized carbons (Fsp3) is 0.364. The Morgan fingerprint density at radius 2 is 1.62 bits per heavy atom. The summed E-state index contributed by atoms with van der Waals surface area (Å²) < 4.78 is 0. The highest BCUT2D eigenvalue weighted by Crippen LogP contribution is 2.22. The lowest BCUT2D eigenvalue weighted by atomic mass is 10.1. The van der Waals surface area contributed by atoms with Crippen LogP contribution in [0.25, 0.3) is 0 Å². The molecule has 2 amide bonds. The number of nitrogens with one attached hydrogen (secondary N) is 1. The summed E-state index contributed by atoms with van der Waals surface area (Å²) in [7, 11) is 0. The molecule has 0 bridgehead atoms. The number of benzene rings is 2. The van der Waals surface area contributed by atoms with Crippen molar-refractivity contribution in [1.29, 1.82) is 0 Å². The quantitative estimate of drug-likeness (QED) is 0.386. The lowest BCUT2D eigenvalue weighted by molar-refractivity contribution is -0.140. The van der Waals surface area contributed by atoms with Gasteiger partial charge in [-0.2, -0.15) is 0 Å². The van der Waals surface area contributed by atoms with Gasteiger partial charge in [0.05, 0.1) is 0 Å². The zero-order valence-corrected chi connectivity index (χ0v) is 19.0. The van der Waals surface area contributed by atoms with Crippen molar-refractivity contribution in [3.8, 4) is 0 Å². The molecular formula is C22H26Cl2N2O2S. The predicted octanol–water partition coefficient (Wildman–Crippen LogP) is 5.42. The van der Waals surface area contributed by atoms with Crippen LogP contribution in [0.5, 0.6) is 0 Å². The molecule has 156 valence electrons. The van der Waals surface area contributed by atoms with E-state index in [9.17, 15) is 9.59 Å². The Morgan fingerprint density at radius 3 is 2.21 bits per heavy atom. The summed E-state index contributed by atoms with van der Waals surface area (Å²) in [6.45, 7) is 4.54. The summed E-state index contributed by atoms with van der Waals surface area (Å²) in [5.74, 6) is 0.637. The molecule has 0 heterocycles. The smallest absolute Gasteiger partial charge is 0.242 e. The van der Waals surface area contributed by atoms with Gasteiger partial charge in [-0.3, -0.25) is 9.59 Å². The van der Waals surface area contributed by atoms with Crippen molar-refractivity contribution in [3.63, 3.8) is 0 Å². The van der Waals surface area contributed by atoms with Crippen molar-refractivity contribution >= 4 is 46.8 Å². The topological polar surface area (TPSA) is 49.4 Å². The fourth-order valence-corrected chi connectivity index (χ4v) is 3.88. The second kappa shape index (κ2) is 12.1. The molecule has 0 spiro atoms. The molecule has 7 heteroatoms. The summed E-state index contributed by atoms with van der Waals surface area (Å²) in [4.78, 5) is 28.0. The summed E-state index contributed by atoms with van der Waals surface area (Å²) in [5, 5.41) is 4.15. The molecule has 0 aliphatic rings. The van der Waals surface area contributed by atoms with E-state index in [0.29, 0.717) is 29.6 Å². The van der Waals surface area contributed by atoms with Crippen molar-refractivity contribution in [1.82, 2.24) is 10.2 Å². The van der Waals surface area contributed by atoms with E-state index in [2.05, 4.69) is 5.32 Å². The predicted molar refractivity (Wildman–Crippen MR) is 122 cm³/mol. The minimum absolute atomic E-state index is 0.0320. The summed E-state index contributed by atoms with van der Waals surface area (Å²) in [6.07, 6.45) is 1.11. The largest absolute Gasteiger partial charge is 0.355 e. The van der Waals surface area contributed by atoms with Gasteiger partial charge in [0, 0.05) is 34.5 Å². The summed E-state index contributed by atoms with van der Waals surface area (Å²) >= 11 is 13.5. The van der Waals surface area contributed by atoms with Gasteiger partial charge < -0.3 is 10.2 Å². The van der Waals surface area contributed by atoms with Crippen molar-refractivity contribution in [2.24, 2.45) is 0 Å². The molecule has 0 saturated carbocycles. The first-order valence-electron chi connectivity index (χ1n) is 9.60. The van der Waals surface area contributed by atoms with E-state index in [1.807, 2.05) is 43.3 Å².